The second-order valence-electron chi connectivity index (χ2n) is 6.34. The van der Waals surface area contributed by atoms with Crippen LogP contribution < -0.4 is 24.8 Å². The number of nitrogens with one attached hydrogen (secondary N) is 2. The number of methoxy groups -OCH3 is 3. The molecule has 0 unspecified atom stereocenters. The molecule has 0 fully saturated rings. The van der Waals surface area contributed by atoms with Crippen molar-refractivity contribution >= 4 is 5.96 Å². The number of aliphatic imine (C=N–C) groups is 1. The fraction of sp³-hybridized carbons (Fsp3) is 0.632. The smallest absolute Gasteiger partial charge is 0.191 e. The Morgan fingerprint density at radius 2 is 1.62 bits per heavy atom. The minimum atomic E-state index is -0.281. The Balaban J connectivity index is 2.43. The van der Waals surface area contributed by atoms with E-state index in [0.29, 0.717) is 24.7 Å². The van der Waals surface area contributed by atoms with Crippen molar-refractivity contribution in [1.82, 2.24) is 10.6 Å². The zero-order valence-corrected chi connectivity index (χ0v) is 16.8. The summed E-state index contributed by atoms with van der Waals surface area (Å²) in [7, 11) is 4.94. The fourth-order valence-corrected chi connectivity index (χ4v) is 2.01. The molecule has 0 atom stereocenters. The Morgan fingerprint density at radius 1 is 1.00 bits per heavy atom. The summed E-state index contributed by atoms with van der Waals surface area (Å²) < 4.78 is 21.7. The van der Waals surface area contributed by atoms with E-state index in [2.05, 4.69) is 15.6 Å². The number of rotatable bonds is 11. The summed E-state index contributed by atoms with van der Waals surface area (Å²) in [6.45, 7) is 8.77. The van der Waals surface area contributed by atoms with Gasteiger partial charge in [0.1, 0.15) is 17.2 Å². The largest absolute Gasteiger partial charge is 0.496 e. The number of nitrogens with zero attached hydrogens (tertiary/aromatic N) is 1. The summed E-state index contributed by atoms with van der Waals surface area (Å²) in [5.74, 6) is 2.92. The first kappa shape index (κ1) is 21.9. The van der Waals surface area contributed by atoms with E-state index in [1.54, 1.807) is 21.3 Å². The van der Waals surface area contributed by atoms with E-state index < -0.39 is 0 Å². The molecular formula is C19H33N3O4. The summed E-state index contributed by atoms with van der Waals surface area (Å²) >= 11 is 0. The van der Waals surface area contributed by atoms with Crippen LogP contribution in [0.5, 0.6) is 17.2 Å². The van der Waals surface area contributed by atoms with Crippen molar-refractivity contribution in [1.29, 1.82) is 0 Å². The predicted octanol–water partition coefficient (Wildman–Crippen LogP) is 2.45. The van der Waals surface area contributed by atoms with Crippen LogP contribution in [0.1, 0.15) is 27.2 Å². The minimum absolute atomic E-state index is 0.281. The first-order valence-electron chi connectivity index (χ1n) is 8.87. The van der Waals surface area contributed by atoms with Gasteiger partial charge in [-0.2, -0.15) is 0 Å². The van der Waals surface area contributed by atoms with Gasteiger partial charge in [0.25, 0.3) is 0 Å². The molecule has 0 amide bonds. The summed E-state index contributed by atoms with van der Waals surface area (Å²) in [4.78, 5) is 4.55. The topological polar surface area (TPSA) is 73.3 Å². The van der Waals surface area contributed by atoms with Crippen LogP contribution in [0.3, 0.4) is 0 Å². The van der Waals surface area contributed by atoms with Gasteiger partial charge in [-0.3, -0.25) is 4.99 Å². The quantitative estimate of drug-likeness (QED) is 0.356. The Morgan fingerprint density at radius 3 is 2.15 bits per heavy atom. The third-order valence-corrected chi connectivity index (χ3v) is 3.72. The number of benzene rings is 1. The molecule has 1 aromatic carbocycles. The molecule has 0 radical (unpaired) electrons. The van der Waals surface area contributed by atoms with E-state index in [-0.39, 0.29) is 5.60 Å². The van der Waals surface area contributed by atoms with Crippen molar-refractivity contribution in [2.24, 2.45) is 4.99 Å². The van der Waals surface area contributed by atoms with E-state index in [1.165, 1.54) is 0 Å². The van der Waals surface area contributed by atoms with E-state index in [1.807, 2.05) is 39.0 Å². The molecule has 7 nitrogen and oxygen atoms in total. The van der Waals surface area contributed by atoms with Crippen molar-refractivity contribution in [3.63, 3.8) is 0 Å². The number of hydrogen-bond donors (Lipinski definition) is 2. The van der Waals surface area contributed by atoms with Crippen molar-refractivity contribution in [2.75, 3.05) is 47.6 Å². The molecule has 2 N–H and O–H groups in total. The second kappa shape index (κ2) is 11.5. The Hall–Kier alpha value is -2.15. The summed E-state index contributed by atoms with van der Waals surface area (Å²) in [6, 6.07) is 5.50. The Kier molecular flexibility index (Phi) is 9.65. The van der Waals surface area contributed by atoms with Crippen LogP contribution in [0, 0.1) is 0 Å². The molecule has 0 aliphatic heterocycles. The van der Waals surface area contributed by atoms with Gasteiger partial charge in [-0.05, 0) is 27.2 Å². The van der Waals surface area contributed by atoms with Gasteiger partial charge in [-0.15, -0.1) is 0 Å². The average molecular weight is 367 g/mol. The zero-order chi connectivity index (χ0) is 19.4. The van der Waals surface area contributed by atoms with Crippen LogP contribution in [0.4, 0.5) is 0 Å². The molecule has 1 rings (SSSR count). The highest BCUT2D eigenvalue weighted by Gasteiger charge is 2.15. The standard InChI is InChI=1S/C19H33N3O4/c1-7-20-18(22-14-19(2,3)25-6)21-9-8-10-26-17-12-15(23-4)11-16(13-17)24-5/h11-13H,7-10,14H2,1-6H3,(H2,20,21,22). The van der Waals surface area contributed by atoms with Crippen molar-refractivity contribution in [2.45, 2.75) is 32.8 Å². The van der Waals surface area contributed by atoms with Crippen LogP contribution >= 0.6 is 0 Å². The third-order valence-electron chi connectivity index (χ3n) is 3.72. The van der Waals surface area contributed by atoms with Gasteiger partial charge < -0.3 is 29.6 Å². The van der Waals surface area contributed by atoms with Crippen LogP contribution in [-0.2, 0) is 4.74 Å². The normalized spacial score (nSPS) is 11.8. The van der Waals surface area contributed by atoms with Gasteiger partial charge in [0.15, 0.2) is 5.96 Å². The zero-order valence-electron chi connectivity index (χ0n) is 16.8. The highest BCUT2D eigenvalue weighted by atomic mass is 16.5. The lowest BCUT2D eigenvalue weighted by Crippen LogP contribution is -2.39. The van der Waals surface area contributed by atoms with Gasteiger partial charge >= 0.3 is 0 Å². The molecule has 0 aromatic heterocycles. The Bertz CT molecular complexity index is 539. The summed E-state index contributed by atoms with van der Waals surface area (Å²) in [5.41, 5.74) is -0.281. The van der Waals surface area contributed by atoms with Crippen LogP contribution in [0.15, 0.2) is 23.2 Å². The van der Waals surface area contributed by atoms with Crippen LogP contribution in [0.25, 0.3) is 0 Å². The number of ether oxygens (including phenoxy) is 4. The number of guanidine groups is 1. The lowest BCUT2D eigenvalue weighted by Gasteiger charge is -2.21. The second-order valence-corrected chi connectivity index (χ2v) is 6.34. The molecule has 0 saturated carbocycles. The molecule has 0 spiro atoms. The molecule has 0 aliphatic rings. The third kappa shape index (κ3) is 8.29. The molecule has 26 heavy (non-hydrogen) atoms. The average Bonchev–Trinajstić information content (AvgIpc) is 2.65. The van der Waals surface area contributed by atoms with Gasteiger partial charge in [0.2, 0.25) is 0 Å². The molecule has 1 aromatic rings. The maximum absolute atomic E-state index is 5.78. The van der Waals surface area contributed by atoms with E-state index >= 15 is 0 Å². The molecule has 0 heterocycles. The van der Waals surface area contributed by atoms with Crippen LogP contribution in [-0.4, -0.2) is 59.1 Å². The van der Waals surface area contributed by atoms with Gasteiger partial charge in [-0.25, -0.2) is 0 Å². The van der Waals surface area contributed by atoms with E-state index in [4.69, 9.17) is 18.9 Å². The van der Waals surface area contributed by atoms with Gasteiger partial charge in [-0.1, -0.05) is 0 Å². The SMILES string of the molecule is CCNC(=NCC(C)(C)OC)NCCCOc1cc(OC)cc(OC)c1. The maximum atomic E-state index is 5.78. The highest BCUT2D eigenvalue weighted by molar-refractivity contribution is 5.79. The van der Waals surface area contributed by atoms with Crippen molar-refractivity contribution in [3.8, 4) is 17.2 Å². The fourth-order valence-electron chi connectivity index (χ4n) is 2.01. The highest BCUT2D eigenvalue weighted by Crippen LogP contribution is 2.27. The first-order chi connectivity index (χ1) is 12.4. The molecule has 0 aliphatic carbocycles. The number of hydrogen-bond acceptors (Lipinski definition) is 5. The minimum Gasteiger partial charge on any atom is -0.496 e. The van der Waals surface area contributed by atoms with E-state index in [0.717, 1.165) is 31.2 Å². The summed E-state index contributed by atoms with van der Waals surface area (Å²) in [5, 5.41) is 6.53. The first-order valence-corrected chi connectivity index (χ1v) is 8.87. The van der Waals surface area contributed by atoms with Gasteiger partial charge in [0, 0.05) is 38.4 Å². The molecule has 148 valence electrons. The van der Waals surface area contributed by atoms with Crippen molar-refractivity contribution in [3.05, 3.63) is 18.2 Å². The molecular weight excluding hydrogens is 334 g/mol. The van der Waals surface area contributed by atoms with Gasteiger partial charge in [0.05, 0.1) is 33.0 Å². The predicted molar refractivity (Wildman–Crippen MR) is 105 cm³/mol. The maximum Gasteiger partial charge on any atom is 0.191 e. The van der Waals surface area contributed by atoms with Crippen molar-refractivity contribution < 1.29 is 18.9 Å². The molecule has 0 saturated heterocycles. The van der Waals surface area contributed by atoms with E-state index in [9.17, 15) is 0 Å². The summed E-state index contributed by atoms with van der Waals surface area (Å²) in [6.07, 6.45) is 0.831. The molecule has 7 heteroatoms. The van der Waals surface area contributed by atoms with Crippen LogP contribution in [0.2, 0.25) is 0 Å². The lowest BCUT2D eigenvalue weighted by atomic mass is 10.1. The Labute approximate surface area is 157 Å². The molecule has 0 bridgehead atoms. The lowest BCUT2D eigenvalue weighted by molar-refractivity contribution is 0.0310. The monoisotopic (exact) mass is 367 g/mol.